The van der Waals surface area contributed by atoms with Crippen molar-refractivity contribution in [2.75, 3.05) is 25.9 Å². The maximum Gasteiger partial charge on any atom is 0.253 e. The molecule has 2 aromatic rings. The quantitative estimate of drug-likeness (QED) is 0.846. The molecular formula is C20H25N5O2. The first-order valence-electron chi connectivity index (χ1n) is 9.46. The third kappa shape index (κ3) is 3.73. The normalized spacial score (nSPS) is 18.9. The van der Waals surface area contributed by atoms with Gasteiger partial charge in [0.05, 0.1) is 5.69 Å². The molecule has 0 bridgehead atoms. The number of hydrogen-bond acceptors (Lipinski definition) is 5. The number of H-pyrrole nitrogens is 1. The summed E-state index contributed by atoms with van der Waals surface area (Å²) < 4.78 is 0. The second-order valence-electron chi connectivity index (χ2n) is 7.57. The van der Waals surface area contributed by atoms with Crippen molar-refractivity contribution in [1.29, 1.82) is 0 Å². The highest BCUT2D eigenvalue weighted by atomic mass is 16.2. The van der Waals surface area contributed by atoms with E-state index < -0.39 is 0 Å². The zero-order chi connectivity index (χ0) is 19.0. The molecule has 1 aliphatic carbocycles. The van der Waals surface area contributed by atoms with Gasteiger partial charge in [-0.05, 0) is 56.0 Å². The Hall–Kier alpha value is -2.67. The monoisotopic (exact) mass is 367 g/mol. The van der Waals surface area contributed by atoms with Crippen molar-refractivity contribution in [3.63, 3.8) is 0 Å². The van der Waals surface area contributed by atoms with Gasteiger partial charge in [-0.2, -0.15) is 0 Å². The van der Waals surface area contributed by atoms with E-state index in [0.717, 1.165) is 31.4 Å². The van der Waals surface area contributed by atoms with Gasteiger partial charge in [0.15, 0.2) is 0 Å². The molecule has 142 valence electrons. The first-order valence-corrected chi connectivity index (χ1v) is 9.46. The van der Waals surface area contributed by atoms with Crippen LogP contribution in [0.2, 0.25) is 0 Å². The highest BCUT2D eigenvalue weighted by molar-refractivity contribution is 5.94. The van der Waals surface area contributed by atoms with Crippen molar-refractivity contribution < 1.29 is 4.79 Å². The fourth-order valence-electron chi connectivity index (χ4n) is 4.17. The van der Waals surface area contributed by atoms with E-state index >= 15 is 0 Å². The summed E-state index contributed by atoms with van der Waals surface area (Å²) in [5.41, 5.74) is 9.52. The molecule has 1 amide bonds. The standard InChI is InChI=1S/C20H25N5O2/c1-24(11-16-10-18(26)23-20(21)22-16)17-7-8-25(12-17)19(27)15-6-5-13-3-2-4-14(13)9-15/h5-6,9-10,17H,2-4,7-8,11-12H2,1H3,(H3,21,22,23,26)/t17-/m0/s1. The van der Waals surface area contributed by atoms with Crippen LogP contribution in [-0.4, -0.2) is 51.9 Å². The SMILES string of the molecule is CN(Cc1cc(=O)[nH]c(N)n1)[C@H]1CCN(C(=O)c2ccc3c(c2)CCC3)C1. The molecule has 7 nitrogen and oxygen atoms in total. The summed E-state index contributed by atoms with van der Waals surface area (Å²) in [4.78, 5) is 35.1. The molecule has 3 N–H and O–H groups in total. The maximum absolute atomic E-state index is 12.9. The number of anilines is 1. The summed E-state index contributed by atoms with van der Waals surface area (Å²) in [6.45, 7) is 1.96. The summed E-state index contributed by atoms with van der Waals surface area (Å²) >= 11 is 0. The topological polar surface area (TPSA) is 95.3 Å². The number of likely N-dealkylation sites (tertiary alicyclic amines) is 1. The largest absolute Gasteiger partial charge is 0.369 e. The van der Waals surface area contributed by atoms with Gasteiger partial charge < -0.3 is 10.6 Å². The summed E-state index contributed by atoms with van der Waals surface area (Å²) in [7, 11) is 1.99. The number of aromatic amines is 1. The number of fused-ring (bicyclic) bond motifs is 1. The van der Waals surface area contributed by atoms with Crippen molar-refractivity contribution in [3.05, 3.63) is 57.0 Å². The number of carbonyl (C=O) groups excluding carboxylic acids is 1. The number of rotatable bonds is 4. The minimum Gasteiger partial charge on any atom is -0.369 e. The predicted octanol–water partition coefficient (Wildman–Crippen LogP) is 1.19. The van der Waals surface area contributed by atoms with Gasteiger partial charge in [-0.3, -0.25) is 19.5 Å². The summed E-state index contributed by atoms with van der Waals surface area (Å²) in [5.74, 6) is 0.241. The number of nitrogen functional groups attached to an aromatic ring is 1. The van der Waals surface area contributed by atoms with Crippen molar-refractivity contribution in [1.82, 2.24) is 19.8 Å². The molecule has 7 heteroatoms. The van der Waals surface area contributed by atoms with Crippen molar-refractivity contribution in [2.24, 2.45) is 0 Å². The molecule has 0 unspecified atom stereocenters. The second-order valence-corrected chi connectivity index (χ2v) is 7.57. The van der Waals surface area contributed by atoms with Crippen molar-refractivity contribution >= 4 is 11.9 Å². The lowest BCUT2D eigenvalue weighted by molar-refractivity contribution is 0.0779. The van der Waals surface area contributed by atoms with Crippen LogP contribution < -0.4 is 11.3 Å². The van der Waals surface area contributed by atoms with E-state index in [1.165, 1.54) is 23.6 Å². The van der Waals surface area contributed by atoms with Gasteiger partial charge in [-0.1, -0.05) is 6.07 Å². The lowest BCUT2D eigenvalue weighted by Crippen LogP contribution is -2.36. The Morgan fingerprint density at radius 3 is 2.96 bits per heavy atom. The van der Waals surface area contributed by atoms with Crippen molar-refractivity contribution in [2.45, 2.75) is 38.3 Å². The molecule has 2 aliphatic rings. The summed E-state index contributed by atoms with van der Waals surface area (Å²) in [5, 5.41) is 0. The number of aryl methyl sites for hydroxylation is 2. The van der Waals surface area contributed by atoms with E-state index in [-0.39, 0.29) is 23.5 Å². The zero-order valence-corrected chi connectivity index (χ0v) is 15.6. The van der Waals surface area contributed by atoms with Gasteiger partial charge in [-0.15, -0.1) is 0 Å². The lowest BCUT2D eigenvalue weighted by Gasteiger charge is -2.24. The third-order valence-electron chi connectivity index (χ3n) is 5.64. The molecule has 27 heavy (non-hydrogen) atoms. The van der Waals surface area contributed by atoms with Crippen LogP contribution in [-0.2, 0) is 19.4 Å². The molecule has 2 heterocycles. The van der Waals surface area contributed by atoms with Crippen molar-refractivity contribution in [3.8, 4) is 0 Å². The van der Waals surface area contributed by atoms with Crippen LogP contribution in [0.1, 0.15) is 40.0 Å². The lowest BCUT2D eigenvalue weighted by atomic mass is 10.1. The van der Waals surface area contributed by atoms with Crippen LogP contribution in [0.25, 0.3) is 0 Å². The van der Waals surface area contributed by atoms with Crippen LogP contribution >= 0.6 is 0 Å². The van der Waals surface area contributed by atoms with Gasteiger partial charge in [0.2, 0.25) is 5.95 Å². The minimum absolute atomic E-state index is 0.110. The van der Waals surface area contributed by atoms with Crippen LogP contribution in [0.15, 0.2) is 29.1 Å². The maximum atomic E-state index is 12.9. The number of likely N-dealkylation sites (N-methyl/N-ethyl adjacent to an activating group) is 1. The van der Waals surface area contributed by atoms with Gasteiger partial charge in [0.25, 0.3) is 11.5 Å². The fraction of sp³-hybridized carbons (Fsp3) is 0.450. The molecule has 0 radical (unpaired) electrons. The van der Waals surface area contributed by atoms with Crippen LogP contribution in [0.4, 0.5) is 5.95 Å². The van der Waals surface area contributed by atoms with E-state index in [1.54, 1.807) is 0 Å². The van der Waals surface area contributed by atoms with Gasteiger partial charge in [0.1, 0.15) is 0 Å². The first-order chi connectivity index (χ1) is 13.0. The average molecular weight is 367 g/mol. The van der Waals surface area contributed by atoms with Gasteiger partial charge >= 0.3 is 0 Å². The van der Waals surface area contributed by atoms with Gasteiger partial charge in [-0.25, -0.2) is 4.98 Å². The smallest absolute Gasteiger partial charge is 0.253 e. The van der Waals surface area contributed by atoms with Crippen LogP contribution in [0, 0.1) is 0 Å². The van der Waals surface area contributed by atoms with Crippen LogP contribution in [0.5, 0.6) is 0 Å². The number of nitrogens with two attached hydrogens (primary N) is 1. The highest BCUT2D eigenvalue weighted by Crippen LogP contribution is 2.25. The van der Waals surface area contributed by atoms with E-state index in [4.69, 9.17) is 5.73 Å². The Labute approximate surface area is 158 Å². The number of nitrogens with one attached hydrogen (secondary N) is 1. The highest BCUT2D eigenvalue weighted by Gasteiger charge is 2.30. The van der Waals surface area contributed by atoms with E-state index in [0.29, 0.717) is 18.8 Å². The number of amides is 1. The number of carbonyl (C=O) groups is 1. The van der Waals surface area contributed by atoms with E-state index in [2.05, 4.69) is 27.0 Å². The molecule has 0 saturated carbocycles. The molecule has 1 aromatic carbocycles. The molecule has 0 spiro atoms. The molecule has 1 atom stereocenters. The Morgan fingerprint density at radius 1 is 1.33 bits per heavy atom. The average Bonchev–Trinajstić information content (AvgIpc) is 3.29. The Kier molecular flexibility index (Phi) is 4.70. The molecule has 1 aromatic heterocycles. The molecule has 1 aliphatic heterocycles. The number of nitrogens with zero attached hydrogens (tertiary/aromatic N) is 3. The Balaban J connectivity index is 1.40. The molecule has 1 saturated heterocycles. The van der Waals surface area contributed by atoms with E-state index in [1.807, 2.05) is 18.0 Å². The Bertz CT molecular complexity index is 923. The first kappa shape index (κ1) is 17.7. The van der Waals surface area contributed by atoms with Gasteiger partial charge in [0, 0.05) is 37.3 Å². The summed E-state index contributed by atoms with van der Waals surface area (Å²) in [6, 6.07) is 7.86. The fourth-order valence-corrected chi connectivity index (χ4v) is 4.17. The number of hydrogen-bond donors (Lipinski definition) is 2. The second kappa shape index (κ2) is 7.15. The zero-order valence-electron chi connectivity index (χ0n) is 15.6. The third-order valence-corrected chi connectivity index (χ3v) is 5.64. The number of aromatic nitrogens is 2. The number of benzene rings is 1. The Morgan fingerprint density at radius 2 is 2.15 bits per heavy atom. The minimum atomic E-state index is -0.245. The molecule has 4 rings (SSSR count). The predicted molar refractivity (Wildman–Crippen MR) is 104 cm³/mol. The molecular weight excluding hydrogens is 342 g/mol. The van der Waals surface area contributed by atoms with Crippen LogP contribution in [0.3, 0.4) is 0 Å². The molecule has 1 fully saturated rings. The van der Waals surface area contributed by atoms with E-state index in [9.17, 15) is 9.59 Å². The summed E-state index contributed by atoms with van der Waals surface area (Å²) in [6.07, 6.45) is 4.30.